The van der Waals surface area contributed by atoms with E-state index in [1.165, 1.54) is 11.3 Å². The zero-order valence-corrected chi connectivity index (χ0v) is 11.5. The fourth-order valence-corrected chi connectivity index (χ4v) is 3.07. The quantitative estimate of drug-likeness (QED) is 0.796. The molecule has 18 heavy (non-hydrogen) atoms. The number of thiophene rings is 1. The minimum atomic E-state index is -1.17. The van der Waals surface area contributed by atoms with Crippen LogP contribution in [0.15, 0.2) is 17.5 Å². The summed E-state index contributed by atoms with van der Waals surface area (Å²) in [5.41, 5.74) is 0.911. The molecule has 0 saturated heterocycles. The van der Waals surface area contributed by atoms with Crippen LogP contribution in [0.4, 0.5) is 8.78 Å². The van der Waals surface area contributed by atoms with Gasteiger partial charge in [-0.15, -0.1) is 11.3 Å². The Kier molecular flexibility index (Phi) is 3.92. The predicted molar refractivity (Wildman–Crippen MR) is 69.5 cm³/mol. The second-order valence-corrected chi connectivity index (χ2v) is 5.48. The van der Waals surface area contributed by atoms with E-state index in [0.717, 1.165) is 17.7 Å². The van der Waals surface area contributed by atoms with Gasteiger partial charge in [0.05, 0.1) is 9.90 Å². The Morgan fingerprint density at radius 1 is 1.22 bits per heavy atom. The summed E-state index contributed by atoms with van der Waals surface area (Å²) in [4.78, 5) is 0.460. The number of aliphatic hydroxyl groups excluding tert-OH is 1. The second-order valence-electron chi connectivity index (χ2n) is 3.79. The maximum atomic E-state index is 13.2. The van der Waals surface area contributed by atoms with Crippen molar-refractivity contribution in [2.24, 2.45) is 0 Å². The lowest BCUT2D eigenvalue weighted by Gasteiger charge is -2.12. The number of hydrogen-bond donors (Lipinski definition) is 1. The predicted octanol–water partition coefficient (Wildman–Crippen LogP) is 4.72. The van der Waals surface area contributed by atoms with Gasteiger partial charge in [0.2, 0.25) is 0 Å². The molecule has 0 fully saturated rings. The summed E-state index contributed by atoms with van der Waals surface area (Å²) in [6.07, 6.45) is -1.17. The van der Waals surface area contributed by atoms with Crippen molar-refractivity contribution in [1.29, 1.82) is 0 Å². The van der Waals surface area contributed by atoms with Gasteiger partial charge in [0.15, 0.2) is 11.6 Å². The summed E-state index contributed by atoms with van der Waals surface area (Å²) in [6, 6.07) is 1.72. The molecule has 1 aromatic carbocycles. The van der Waals surface area contributed by atoms with Gasteiger partial charge in [-0.3, -0.25) is 0 Å². The van der Waals surface area contributed by atoms with Crippen LogP contribution in [-0.4, -0.2) is 5.11 Å². The number of hydrogen-bond acceptors (Lipinski definition) is 2. The van der Waals surface area contributed by atoms with Crippen molar-refractivity contribution in [2.45, 2.75) is 13.0 Å². The third kappa shape index (κ3) is 2.38. The van der Waals surface area contributed by atoms with Crippen LogP contribution in [0.2, 0.25) is 10.0 Å². The molecule has 0 aliphatic rings. The average molecular weight is 309 g/mol. The highest BCUT2D eigenvalue weighted by Crippen LogP contribution is 2.38. The Hall–Kier alpha value is -0.680. The molecule has 0 amide bonds. The highest BCUT2D eigenvalue weighted by Gasteiger charge is 2.21. The first-order valence-electron chi connectivity index (χ1n) is 4.97. The molecule has 1 aromatic heterocycles. The van der Waals surface area contributed by atoms with Crippen molar-refractivity contribution >= 4 is 34.5 Å². The Morgan fingerprint density at radius 2 is 1.83 bits per heavy atom. The molecule has 1 N–H and O–H groups in total. The third-order valence-electron chi connectivity index (χ3n) is 2.51. The summed E-state index contributed by atoms with van der Waals surface area (Å²) in [6.45, 7) is 1.79. The van der Waals surface area contributed by atoms with Gasteiger partial charge >= 0.3 is 0 Å². The second kappa shape index (κ2) is 5.13. The lowest BCUT2D eigenvalue weighted by molar-refractivity contribution is 0.223. The van der Waals surface area contributed by atoms with E-state index in [9.17, 15) is 13.9 Å². The summed E-state index contributed by atoms with van der Waals surface area (Å²) in [5.74, 6) is -2.11. The molecule has 0 saturated carbocycles. The normalized spacial score (nSPS) is 12.8. The number of benzene rings is 1. The summed E-state index contributed by atoms with van der Waals surface area (Å²) in [5, 5.41) is 12.3. The molecule has 96 valence electrons. The minimum absolute atomic E-state index is 0.0384. The van der Waals surface area contributed by atoms with E-state index in [4.69, 9.17) is 23.2 Å². The first-order chi connectivity index (χ1) is 8.41. The topological polar surface area (TPSA) is 20.2 Å². The van der Waals surface area contributed by atoms with Gasteiger partial charge in [0, 0.05) is 10.6 Å². The number of aliphatic hydroxyl groups is 1. The van der Waals surface area contributed by atoms with Crippen molar-refractivity contribution in [1.82, 2.24) is 0 Å². The third-order valence-corrected chi connectivity index (χ3v) is 4.60. The first kappa shape index (κ1) is 13.7. The average Bonchev–Trinajstić information content (AvgIpc) is 2.64. The van der Waals surface area contributed by atoms with Crippen LogP contribution in [0.5, 0.6) is 0 Å². The molecule has 6 heteroatoms. The van der Waals surface area contributed by atoms with Gasteiger partial charge in [0.25, 0.3) is 0 Å². The molecule has 0 bridgehead atoms. The lowest BCUT2D eigenvalue weighted by Crippen LogP contribution is -2.01. The van der Waals surface area contributed by atoms with Gasteiger partial charge in [0.1, 0.15) is 6.10 Å². The molecule has 1 unspecified atom stereocenters. The molecule has 2 rings (SSSR count). The van der Waals surface area contributed by atoms with Crippen molar-refractivity contribution in [3.63, 3.8) is 0 Å². The van der Waals surface area contributed by atoms with Gasteiger partial charge < -0.3 is 5.11 Å². The van der Waals surface area contributed by atoms with E-state index in [0.29, 0.717) is 9.90 Å². The van der Waals surface area contributed by atoms with E-state index in [2.05, 4.69) is 0 Å². The largest absolute Gasteiger partial charge is 0.383 e. The molecule has 0 radical (unpaired) electrons. The Balaban J connectivity index is 2.49. The van der Waals surface area contributed by atoms with Gasteiger partial charge in [-0.05, 0) is 30.0 Å². The number of aryl methyl sites for hydroxylation is 1. The first-order valence-corrected chi connectivity index (χ1v) is 6.61. The monoisotopic (exact) mass is 308 g/mol. The maximum absolute atomic E-state index is 13.2. The molecule has 1 nitrogen and oxygen atoms in total. The molecule has 0 aliphatic carbocycles. The molecule has 2 aromatic rings. The highest BCUT2D eigenvalue weighted by molar-refractivity contribution is 7.10. The van der Waals surface area contributed by atoms with Crippen LogP contribution in [-0.2, 0) is 0 Å². The van der Waals surface area contributed by atoms with E-state index in [1.807, 2.05) is 0 Å². The molecule has 0 spiro atoms. The summed E-state index contributed by atoms with van der Waals surface area (Å²) < 4.78 is 26.1. The van der Waals surface area contributed by atoms with E-state index in [-0.39, 0.29) is 10.6 Å². The lowest BCUT2D eigenvalue weighted by atomic mass is 10.1. The van der Waals surface area contributed by atoms with Crippen LogP contribution < -0.4 is 0 Å². The van der Waals surface area contributed by atoms with Crippen molar-refractivity contribution in [2.75, 3.05) is 0 Å². The van der Waals surface area contributed by atoms with Crippen LogP contribution in [0.3, 0.4) is 0 Å². The molecule has 1 atom stereocenters. The fraction of sp³-hybridized carbons (Fsp3) is 0.167. The molecule has 1 heterocycles. The van der Waals surface area contributed by atoms with Crippen LogP contribution >= 0.6 is 34.5 Å². The van der Waals surface area contributed by atoms with Crippen molar-refractivity contribution < 1.29 is 13.9 Å². The zero-order valence-electron chi connectivity index (χ0n) is 9.18. The van der Waals surface area contributed by atoms with Crippen LogP contribution in [0.1, 0.15) is 22.1 Å². The van der Waals surface area contributed by atoms with Crippen molar-refractivity contribution in [3.05, 3.63) is 55.2 Å². The van der Waals surface area contributed by atoms with Gasteiger partial charge in [-0.1, -0.05) is 23.2 Å². The van der Waals surface area contributed by atoms with Crippen LogP contribution in [0, 0.1) is 18.6 Å². The van der Waals surface area contributed by atoms with E-state index >= 15 is 0 Å². The van der Waals surface area contributed by atoms with Gasteiger partial charge in [-0.2, -0.15) is 0 Å². The van der Waals surface area contributed by atoms with E-state index in [1.54, 1.807) is 12.3 Å². The maximum Gasteiger partial charge on any atom is 0.160 e. The minimum Gasteiger partial charge on any atom is -0.383 e. The molecular formula is C12H8Cl2F2OS. The molecule has 0 aliphatic heterocycles. The summed E-state index contributed by atoms with van der Waals surface area (Å²) in [7, 11) is 0. The Morgan fingerprint density at radius 3 is 2.39 bits per heavy atom. The SMILES string of the molecule is Cc1csc(C(O)c2cc(F)c(F)cc2Cl)c1Cl. The summed E-state index contributed by atoms with van der Waals surface area (Å²) >= 11 is 13.1. The number of rotatable bonds is 2. The fourth-order valence-electron chi connectivity index (χ4n) is 1.52. The van der Waals surface area contributed by atoms with Crippen molar-refractivity contribution in [3.8, 4) is 0 Å². The van der Waals surface area contributed by atoms with Crippen LogP contribution in [0.25, 0.3) is 0 Å². The van der Waals surface area contributed by atoms with E-state index < -0.39 is 17.7 Å². The smallest absolute Gasteiger partial charge is 0.160 e. The number of halogens is 4. The molecular weight excluding hydrogens is 301 g/mol. The highest BCUT2D eigenvalue weighted by atomic mass is 35.5. The Bertz CT molecular complexity index is 598. The Labute approximate surface area is 117 Å². The standard InChI is InChI=1S/C12H8Cl2F2OS/c1-5-4-18-12(10(5)14)11(17)6-2-8(15)9(16)3-7(6)13/h2-4,11,17H,1H3. The zero-order chi connectivity index (χ0) is 13.4. The van der Waals surface area contributed by atoms with Gasteiger partial charge in [-0.25, -0.2) is 8.78 Å².